The molecule has 0 unspecified atom stereocenters. The second kappa shape index (κ2) is 11.9. The zero-order valence-electron chi connectivity index (χ0n) is 21.5. The summed E-state index contributed by atoms with van der Waals surface area (Å²) in [5.74, 6) is -13.0. The van der Waals surface area contributed by atoms with E-state index in [0.29, 0.717) is 11.5 Å². The molecule has 0 atom stereocenters. The fourth-order valence-corrected chi connectivity index (χ4v) is 6.05. The molecule has 12 heteroatoms. The number of rotatable bonds is 8. The number of amides is 1. The number of nitrogens with zero attached hydrogens (tertiary/aromatic N) is 2. The molecule has 0 bridgehead atoms. The third kappa shape index (κ3) is 5.97. The Hall–Kier alpha value is -3.51. The Balaban J connectivity index is 1.61. The molecule has 1 amide bonds. The molecule has 6 nitrogen and oxygen atoms in total. The van der Waals surface area contributed by atoms with Crippen LogP contribution in [-0.4, -0.2) is 37.3 Å². The summed E-state index contributed by atoms with van der Waals surface area (Å²) in [7, 11) is -4.55. The number of sulfonamides is 1. The molecule has 1 aliphatic carbocycles. The number of halogens is 5. The fourth-order valence-electron chi connectivity index (χ4n) is 4.83. The predicted molar refractivity (Wildman–Crippen MR) is 138 cm³/mol. The van der Waals surface area contributed by atoms with Gasteiger partial charge in [-0.1, -0.05) is 49.6 Å². The van der Waals surface area contributed by atoms with Crippen LogP contribution < -0.4 is 4.90 Å². The lowest BCUT2D eigenvalue weighted by Crippen LogP contribution is -2.41. The molecule has 0 spiro atoms. The van der Waals surface area contributed by atoms with E-state index in [1.165, 1.54) is 36.2 Å². The van der Waals surface area contributed by atoms with Crippen LogP contribution in [0.3, 0.4) is 0 Å². The van der Waals surface area contributed by atoms with Gasteiger partial charge in [-0.05, 0) is 42.0 Å². The number of hydrogen-bond acceptors (Lipinski definition) is 4. The average Bonchev–Trinajstić information content (AvgIpc) is 2.94. The van der Waals surface area contributed by atoms with Crippen LogP contribution in [0.15, 0.2) is 53.4 Å². The van der Waals surface area contributed by atoms with Gasteiger partial charge in [-0.3, -0.25) is 4.79 Å². The van der Waals surface area contributed by atoms with Crippen molar-refractivity contribution in [1.82, 2.24) is 4.31 Å². The maximum Gasteiger partial charge on any atom is 0.249 e. The molecule has 0 aliphatic heterocycles. The highest BCUT2D eigenvalue weighted by atomic mass is 32.2. The van der Waals surface area contributed by atoms with Crippen LogP contribution in [0.5, 0.6) is 5.75 Å². The molecule has 40 heavy (non-hydrogen) atoms. The van der Waals surface area contributed by atoms with E-state index in [2.05, 4.69) is 0 Å². The van der Waals surface area contributed by atoms with Crippen LogP contribution in [0.25, 0.3) is 0 Å². The van der Waals surface area contributed by atoms with Gasteiger partial charge in [-0.15, -0.1) is 0 Å². The Kier molecular flexibility index (Phi) is 8.79. The van der Waals surface area contributed by atoms with E-state index in [9.17, 15) is 40.3 Å². The number of carbonyl (C=O) groups is 1. The highest BCUT2D eigenvalue weighted by Crippen LogP contribution is 2.33. The summed E-state index contributed by atoms with van der Waals surface area (Å²) in [5, 5.41) is 9.96. The molecular weight excluding hydrogens is 555 g/mol. The van der Waals surface area contributed by atoms with Crippen molar-refractivity contribution in [3.63, 3.8) is 0 Å². The third-order valence-corrected chi connectivity index (χ3v) is 8.86. The minimum Gasteiger partial charge on any atom is -0.508 e. The lowest BCUT2D eigenvalue weighted by atomic mass is 9.84. The van der Waals surface area contributed by atoms with E-state index < -0.39 is 56.5 Å². The maximum atomic E-state index is 14.3. The van der Waals surface area contributed by atoms with Crippen molar-refractivity contribution in [3.8, 4) is 5.75 Å². The van der Waals surface area contributed by atoms with E-state index in [1.54, 1.807) is 0 Å². The second-order valence-corrected chi connectivity index (χ2v) is 11.7. The van der Waals surface area contributed by atoms with E-state index in [4.69, 9.17) is 0 Å². The lowest BCUT2D eigenvalue weighted by molar-refractivity contribution is -0.118. The van der Waals surface area contributed by atoms with Gasteiger partial charge in [0.25, 0.3) is 0 Å². The van der Waals surface area contributed by atoms with Crippen LogP contribution in [0, 0.1) is 29.1 Å². The Morgan fingerprint density at radius 2 is 1.45 bits per heavy atom. The minimum absolute atomic E-state index is 0.0519. The van der Waals surface area contributed by atoms with Gasteiger partial charge in [0.1, 0.15) is 5.75 Å². The van der Waals surface area contributed by atoms with Gasteiger partial charge in [-0.25, -0.2) is 30.4 Å². The fraction of sp³-hybridized carbons (Fsp3) is 0.321. The monoisotopic (exact) mass is 582 g/mol. The number of likely N-dealkylation sites (N-methyl/N-ethyl adjacent to an activating group) is 1. The number of phenolic OH excluding ortho intramolecular Hbond substituents is 1. The van der Waals surface area contributed by atoms with Crippen molar-refractivity contribution in [1.29, 1.82) is 0 Å². The Bertz CT molecular complexity index is 1480. The van der Waals surface area contributed by atoms with Crippen molar-refractivity contribution in [2.24, 2.45) is 0 Å². The summed E-state index contributed by atoms with van der Waals surface area (Å²) in [6.07, 6.45) is 5.72. The normalized spacial score (nSPS) is 14.5. The van der Waals surface area contributed by atoms with E-state index in [1.807, 2.05) is 24.3 Å². The summed E-state index contributed by atoms with van der Waals surface area (Å²) < 4.78 is 95.3. The molecule has 214 valence electrons. The summed E-state index contributed by atoms with van der Waals surface area (Å²) in [4.78, 5) is 12.5. The molecule has 1 N–H and O–H groups in total. The predicted octanol–water partition coefficient (Wildman–Crippen LogP) is 5.99. The Labute approximate surface area is 228 Å². The zero-order valence-corrected chi connectivity index (χ0v) is 22.3. The van der Waals surface area contributed by atoms with Gasteiger partial charge in [0.15, 0.2) is 28.2 Å². The molecule has 4 rings (SSSR count). The lowest BCUT2D eigenvalue weighted by Gasteiger charge is -2.26. The number of benzene rings is 3. The first kappa shape index (κ1) is 29.5. The summed E-state index contributed by atoms with van der Waals surface area (Å²) >= 11 is 0. The van der Waals surface area contributed by atoms with Crippen molar-refractivity contribution in [3.05, 3.63) is 88.7 Å². The van der Waals surface area contributed by atoms with Crippen LogP contribution in [-0.2, 0) is 21.4 Å². The number of anilines is 1. The van der Waals surface area contributed by atoms with Crippen molar-refractivity contribution in [2.75, 3.05) is 18.5 Å². The Morgan fingerprint density at radius 3 is 2.02 bits per heavy atom. The molecule has 0 saturated heterocycles. The molecule has 1 saturated carbocycles. The largest absolute Gasteiger partial charge is 0.508 e. The SMILES string of the molecule is CN(CC(=O)N(Cc1ccc(C2CCCCC2)cc1)c1cccc(O)c1)S(=O)(=O)c1c(F)c(F)c(F)c(F)c1F. The number of aromatic hydroxyl groups is 1. The van der Waals surface area contributed by atoms with E-state index >= 15 is 0 Å². The first-order valence-corrected chi connectivity index (χ1v) is 14.0. The molecule has 1 fully saturated rings. The average molecular weight is 583 g/mol. The van der Waals surface area contributed by atoms with E-state index in [0.717, 1.165) is 37.6 Å². The van der Waals surface area contributed by atoms with E-state index in [-0.39, 0.29) is 22.3 Å². The van der Waals surface area contributed by atoms with Crippen LogP contribution >= 0.6 is 0 Å². The minimum atomic E-state index is -5.33. The van der Waals surface area contributed by atoms with Crippen molar-refractivity contribution in [2.45, 2.75) is 49.5 Å². The second-order valence-electron chi connectivity index (χ2n) is 9.74. The van der Waals surface area contributed by atoms with Gasteiger partial charge in [0.2, 0.25) is 21.7 Å². The van der Waals surface area contributed by atoms with Crippen LogP contribution in [0.1, 0.15) is 49.1 Å². The maximum absolute atomic E-state index is 14.3. The number of hydrogen-bond donors (Lipinski definition) is 1. The molecule has 0 radical (unpaired) electrons. The number of phenols is 1. The standard InChI is InChI=1S/C28H27F5N2O4S/c1-34(40(38,39)28-26(32)24(30)23(29)25(31)27(28)33)16-22(37)35(20-8-5-9-21(36)14-20)15-17-10-12-19(13-11-17)18-6-3-2-4-7-18/h5,8-14,18,36H,2-4,6-7,15-16H2,1H3. The molecule has 3 aromatic rings. The zero-order chi connectivity index (χ0) is 29.2. The third-order valence-electron chi connectivity index (χ3n) is 7.04. The van der Waals surface area contributed by atoms with Crippen LogP contribution in [0.4, 0.5) is 27.6 Å². The molecular formula is C28H27F5N2O4S. The molecule has 0 heterocycles. The number of carbonyl (C=O) groups excluding carboxylic acids is 1. The summed E-state index contributed by atoms with van der Waals surface area (Å²) in [6.45, 7) is -1.05. The van der Waals surface area contributed by atoms with Gasteiger partial charge in [0, 0.05) is 18.8 Å². The summed E-state index contributed by atoms with van der Waals surface area (Å²) in [5.41, 5.74) is 2.05. The topological polar surface area (TPSA) is 77.9 Å². The first-order chi connectivity index (χ1) is 18.9. The quantitative estimate of drug-likeness (QED) is 0.201. The van der Waals surface area contributed by atoms with Crippen molar-refractivity contribution < 1.29 is 40.3 Å². The Morgan fingerprint density at radius 1 is 0.875 bits per heavy atom. The molecule has 3 aromatic carbocycles. The van der Waals surface area contributed by atoms with Gasteiger partial charge in [-0.2, -0.15) is 4.31 Å². The van der Waals surface area contributed by atoms with Gasteiger partial charge in [0.05, 0.1) is 13.1 Å². The first-order valence-electron chi connectivity index (χ1n) is 12.6. The molecule has 1 aliphatic rings. The van der Waals surface area contributed by atoms with Crippen LogP contribution in [0.2, 0.25) is 0 Å². The highest BCUT2D eigenvalue weighted by Gasteiger charge is 2.37. The van der Waals surface area contributed by atoms with Crippen molar-refractivity contribution >= 4 is 21.6 Å². The smallest absolute Gasteiger partial charge is 0.249 e. The summed E-state index contributed by atoms with van der Waals surface area (Å²) in [6, 6.07) is 13.2. The highest BCUT2D eigenvalue weighted by molar-refractivity contribution is 7.89. The van der Waals surface area contributed by atoms with Gasteiger partial charge < -0.3 is 10.0 Å². The van der Waals surface area contributed by atoms with Gasteiger partial charge >= 0.3 is 0 Å². The molecule has 0 aromatic heterocycles.